The Morgan fingerprint density at radius 2 is 2.21 bits per heavy atom. The van der Waals surface area contributed by atoms with Gasteiger partial charge in [-0.05, 0) is 17.4 Å². The molecule has 0 radical (unpaired) electrons. The Kier molecular flexibility index (Phi) is 3.41. The molecule has 1 aromatic heterocycles. The lowest BCUT2D eigenvalue weighted by atomic mass is 10.0. The molecule has 0 bridgehead atoms. The molecule has 1 N–H and O–H groups in total. The molecule has 1 heterocycles. The third-order valence-electron chi connectivity index (χ3n) is 1.79. The van der Waals surface area contributed by atoms with Gasteiger partial charge in [0.1, 0.15) is 0 Å². The largest absolute Gasteiger partial charge is 0.476 e. The van der Waals surface area contributed by atoms with E-state index in [2.05, 4.69) is 0 Å². The van der Waals surface area contributed by atoms with Gasteiger partial charge >= 0.3 is 5.97 Å². The van der Waals surface area contributed by atoms with Gasteiger partial charge in [0.15, 0.2) is 0 Å². The van der Waals surface area contributed by atoms with Crippen LogP contribution in [0.3, 0.4) is 0 Å². The molecule has 0 saturated heterocycles. The van der Waals surface area contributed by atoms with Gasteiger partial charge < -0.3 is 5.11 Å². The first-order valence-corrected chi connectivity index (χ1v) is 5.08. The molecule has 1 rings (SSSR count). The molecule has 2 nitrogen and oxygen atoms in total. The molecule has 0 aromatic carbocycles. The van der Waals surface area contributed by atoms with Crippen LogP contribution in [0.15, 0.2) is 23.3 Å². The van der Waals surface area contributed by atoms with Crippen LogP contribution in [-0.2, 0) is 4.79 Å². The first-order valence-electron chi connectivity index (χ1n) is 4.21. The predicted octanol–water partition coefficient (Wildman–Crippen LogP) is 3.17. The topological polar surface area (TPSA) is 37.3 Å². The fraction of sp³-hybridized carbons (Fsp3) is 0.300. The molecule has 0 atom stereocenters. The number of aliphatic carboxylic acids is 1. The highest BCUT2D eigenvalue weighted by atomic mass is 32.1. The normalized spacial score (nSPS) is 12.9. The average molecular weight is 214 g/mol. The molecular formula is C10H11FO2S. The van der Waals surface area contributed by atoms with Crippen LogP contribution in [0.2, 0.25) is 0 Å². The Morgan fingerprint density at radius 1 is 1.57 bits per heavy atom. The van der Waals surface area contributed by atoms with Crippen LogP contribution in [-0.4, -0.2) is 11.1 Å². The minimum absolute atomic E-state index is 0.134. The van der Waals surface area contributed by atoms with Crippen molar-refractivity contribution in [1.82, 2.24) is 0 Å². The standard InChI is InChI=1S/C10H11FO2S/c1-6(2)8(9(11)10(12)13)7-4-3-5-14-7/h3-6H,1-2H3,(H,12,13). The lowest BCUT2D eigenvalue weighted by Gasteiger charge is -2.09. The van der Waals surface area contributed by atoms with Crippen LogP contribution >= 0.6 is 11.3 Å². The van der Waals surface area contributed by atoms with E-state index < -0.39 is 11.8 Å². The van der Waals surface area contributed by atoms with E-state index in [0.717, 1.165) is 0 Å². The third-order valence-corrected chi connectivity index (χ3v) is 2.69. The molecule has 0 unspecified atom stereocenters. The van der Waals surface area contributed by atoms with E-state index in [-0.39, 0.29) is 11.5 Å². The van der Waals surface area contributed by atoms with E-state index >= 15 is 0 Å². The van der Waals surface area contributed by atoms with E-state index in [4.69, 9.17) is 5.11 Å². The molecule has 76 valence electrons. The fourth-order valence-electron chi connectivity index (χ4n) is 1.19. The maximum Gasteiger partial charge on any atom is 0.365 e. The van der Waals surface area contributed by atoms with Gasteiger partial charge in [0.2, 0.25) is 5.83 Å². The number of carbonyl (C=O) groups is 1. The number of halogens is 1. The summed E-state index contributed by atoms with van der Waals surface area (Å²) in [7, 11) is 0. The summed E-state index contributed by atoms with van der Waals surface area (Å²) in [6, 6.07) is 3.50. The third kappa shape index (κ3) is 2.20. The molecule has 0 spiro atoms. The van der Waals surface area contributed by atoms with Crippen molar-refractivity contribution in [2.75, 3.05) is 0 Å². The number of allylic oxidation sites excluding steroid dienone is 1. The average Bonchev–Trinajstić information content (AvgIpc) is 2.56. The van der Waals surface area contributed by atoms with E-state index in [1.807, 2.05) is 0 Å². The molecule has 0 amide bonds. The summed E-state index contributed by atoms with van der Waals surface area (Å²) in [5.41, 5.74) is 0.271. The van der Waals surface area contributed by atoms with Crippen molar-refractivity contribution in [3.63, 3.8) is 0 Å². The Hall–Kier alpha value is -1.16. The molecule has 4 heteroatoms. The molecule has 0 aliphatic carbocycles. The molecule has 14 heavy (non-hydrogen) atoms. The number of hydrogen-bond donors (Lipinski definition) is 1. The Bertz CT molecular complexity index is 352. The SMILES string of the molecule is CC(C)C(=C(F)C(=O)O)c1cccs1. The van der Waals surface area contributed by atoms with E-state index in [1.54, 1.807) is 31.4 Å². The zero-order valence-electron chi connectivity index (χ0n) is 7.95. The second-order valence-corrected chi connectivity index (χ2v) is 4.11. The van der Waals surface area contributed by atoms with E-state index in [0.29, 0.717) is 4.88 Å². The summed E-state index contributed by atoms with van der Waals surface area (Å²) in [5, 5.41) is 10.4. The number of rotatable bonds is 3. The maximum atomic E-state index is 13.3. The molecule has 0 saturated carbocycles. The Labute approximate surface area is 85.7 Å². The van der Waals surface area contributed by atoms with Crippen molar-refractivity contribution in [1.29, 1.82) is 0 Å². The van der Waals surface area contributed by atoms with Gasteiger partial charge in [-0.3, -0.25) is 0 Å². The van der Waals surface area contributed by atoms with Crippen LogP contribution in [0.25, 0.3) is 5.57 Å². The summed E-state index contributed by atoms with van der Waals surface area (Å²) in [6.07, 6.45) is 0. The summed E-state index contributed by atoms with van der Waals surface area (Å²) in [6.45, 7) is 3.55. The van der Waals surface area contributed by atoms with Crippen LogP contribution in [0.4, 0.5) is 4.39 Å². The van der Waals surface area contributed by atoms with Gasteiger partial charge in [0, 0.05) is 10.5 Å². The van der Waals surface area contributed by atoms with Gasteiger partial charge in [0.05, 0.1) is 0 Å². The summed E-state index contributed by atoms with van der Waals surface area (Å²) < 4.78 is 13.3. The van der Waals surface area contributed by atoms with Gasteiger partial charge in [-0.15, -0.1) is 11.3 Å². The lowest BCUT2D eigenvalue weighted by Crippen LogP contribution is -2.03. The van der Waals surface area contributed by atoms with Gasteiger partial charge in [0.25, 0.3) is 0 Å². The zero-order valence-corrected chi connectivity index (χ0v) is 8.77. The first-order chi connectivity index (χ1) is 6.54. The number of thiophene rings is 1. The molecule has 1 aromatic rings. The fourth-order valence-corrected chi connectivity index (χ4v) is 2.11. The predicted molar refractivity (Wildman–Crippen MR) is 54.8 cm³/mol. The minimum atomic E-state index is -1.50. The van der Waals surface area contributed by atoms with Crippen LogP contribution < -0.4 is 0 Å². The van der Waals surface area contributed by atoms with Crippen molar-refractivity contribution in [2.24, 2.45) is 5.92 Å². The van der Waals surface area contributed by atoms with Crippen molar-refractivity contribution < 1.29 is 14.3 Å². The van der Waals surface area contributed by atoms with Crippen LogP contribution in [0.5, 0.6) is 0 Å². The number of hydrogen-bond acceptors (Lipinski definition) is 2. The van der Waals surface area contributed by atoms with Gasteiger partial charge in [-0.2, -0.15) is 4.39 Å². The quantitative estimate of drug-likeness (QED) is 0.785. The second kappa shape index (κ2) is 4.37. The minimum Gasteiger partial charge on any atom is -0.476 e. The highest BCUT2D eigenvalue weighted by molar-refractivity contribution is 7.11. The Morgan fingerprint density at radius 3 is 2.57 bits per heavy atom. The van der Waals surface area contributed by atoms with Crippen molar-refractivity contribution in [3.05, 3.63) is 28.2 Å². The van der Waals surface area contributed by atoms with Gasteiger partial charge in [-0.25, -0.2) is 4.79 Å². The van der Waals surface area contributed by atoms with Crippen molar-refractivity contribution in [2.45, 2.75) is 13.8 Å². The number of carboxylic acids is 1. The van der Waals surface area contributed by atoms with Crippen molar-refractivity contribution >= 4 is 22.9 Å². The Balaban J connectivity index is 3.21. The van der Waals surface area contributed by atoms with Crippen LogP contribution in [0.1, 0.15) is 18.7 Å². The zero-order chi connectivity index (χ0) is 10.7. The monoisotopic (exact) mass is 214 g/mol. The van der Waals surface area contributed by atoms with Crippen molar-refractivity contribution in [3.8, 4) is 0 Å². The molecule has 0 fully saturated rings. The number of carboxylic acid groups (broad SMARTS) is 1. The van der Waals surface area contributed by atoms with E-state index in [9.17, 15) is 9.18 Å². The first kappa shape index (κ1) is 10.9. The molecular weight excluding hydrogens is 203 g/mol. The smallest absolute Gasteiger partial charge is 0.365 e. The highest BCUT2D eigenvalue weighted by Gasteiger charge is 2.19. The lowest BCUT2D eigenvalue weighted by molar-refractivity contribution is -0.134. The molecule has 0 aliphatic rings. The summed E-state index contributed by atoms with van der Waals surface area (Å²) in [4.78, 5) is 11.2. The van der Waals surface area contributed by atoms with Crippen LogP contribution in [0, 0.1) is 5.92 Å². The van der Waals surface area contributed by atoms with E-state index in [1.165, 1.54) is 11.3 Å². The highest BCUT2D eigenvalue weighted by Crippen LogP contribution is 2.30. The summed E-state index contributed by atoms with van der Waals surface area (Å²) in [5.74, 6) is -2.69. The summed E-state index contributed by atoms with van der Waals surface area (Å²) >= 11 is 1.34. The van der Waals surface area contributed by atoms with Gasteiger partial charge in [-0.1, -0.05) is 19.9 Å². The second-order valence-electron chi connectivity index (χ2n) is 3.16. The maximum absolute atomic E-state index is 13.3. The molecule has 0 aliphatic heterocycles.